The summed E-state index contributed by atoms with van der Waals surface area (Å²) in [5.74, 6) is 0.671. The smallest absolute Gasteiger partial charge is 0.265 e. The predicted molar refractivity (Wildman–Crippen MR) is 112 cm³/mol. The minimum Gasteiger partial charge on any atom is -0.494 e. The molecule has 9 heteroatoms. The molecule has 3 rings (SSSR count). The van der Waals surface area contributed by atoms with E-state index in [2.05, 4.69) is 25.6 Å². The van der Waals surface area contributed by atoms with Crippen LogP contribution >= 0.6 is 27.5 Å². The number of hydrogen-bond donors (Lipinski definition) is 1. The van der Waals surface area contributed by atoms with Gasteiger partial charge in [0.05, 0.1) is 23.0 Å². The van der Waals surface area contributed by atoms with Gasteiger partial charge in [-0.15, -0.1) is 0 Å². The number of methoxy groups -OCH3 is 1. The molecule has 0 aliphatic rings. The van der Waals surface area contributed by atoms with Crippen molar-refractivity contribution in [1.29, 1.82) is 0 Å². The molecule has 0 radical (unpaired) electrons. The Morgan fingerprint density at radius 1 is 1.14 bits per heavy atom. The first-order valence-corrected chi connectivity index (χ1v) is 10.7. The SMILES string of the molecule is COc1c(Br)cc(Cl)cc1S(=O)(=O)Nc1cccc(OCc2ccccn2)c1. The van der Waals surface area contributed by atoms with E-state index in [9.17, 15) is 8.42 Å². The summed E-state index contributed by atoms with van der Waals surface area (Å²) in [5.41, 5.74) is 1.11. The van der Waals surface area contributed by atoms with Gasteiger partial charge < -0.3 is 9.47 Å². The van der Waals surface area contributed by atoms with E-state index in [0.717, 1.165) is 5.69 Å². The summed E-state index contributed by atoms with van der Waals surface area (Å²) in [7, 11) is -2.55. The average molecular weight is 484 g/mol. The van der Waals surface area contributed by atoms with E-state index in [1.807, 2.05) is 18.2 Å². The molecule has 0 atom stereocenters. The van der Waals surface area contributed by atoms with Gasteiger partial charge in [-0.2, -0.15) is 0 Å². The van der Waals surface area contributed by atoms with Crippen LogP contribution in [0.2, 0.25) is 5.02 Å². The van der Waals surface area contributed by atoms with E-state index < -0.39 is 10.0 Å². The van der Waals surface area contributed by atoms with Gasteiger partial charge in [-0.1, -0.05) is 23.7 Å². The van der Waals surface area contributed by atoms with Crippen LogP contribution in [0.4, 0.5) is 5.69 Å². The van der Waals surface area contributed by atoms with Crippen molar-refractivity contribution < 1.29 is 17.9 Å². The number of ether oxygens (including phenoxy) is 2. The fourth-order valence-corrected chi connectivity index (χ4v) is 4.87. The van der Waals surface area contributed by atoms with Crippen molar-refractivity contribution in [2.75, 3.05) is 11.8 Å². The van der Waals surface area contributed by atoms with E-state index in [1.165, 1.54) is 13.2 Å². The van der Waals surface area contributed by atoms with Gasteiger partial charge in [-0.3, -0.25) is 9.71 Å². The van der Waals surface area contributed by atoms with Gasteiger partial charge in [0.2, 0.25) is 0 Å². The Balaban J connectivity index is 1.82. The van der Waals surface area contributed by atoms with Crippen LogP contribution in [0.5, 0.6) is 11.5 Å². The van der Waals surface area contributed by atoms with Crippen molar-refractivity contribution in [2.45, 2.75) is 11.5 Å². The summed E-state index contributed by atoms with van der Waals surface area (Å²) >= 11 is 9.27. The average Bonchev–Trinajstić information content (AvgIpc) is 2.66. The van der Waals surface area contributed by atoms with Gasteiger partial charge in [0.25, 0.3) is 10.0 Å². The summed E-state index contributed by atoms with van der Waals surface area (Å²) in [6.07, 6.45) is 1.68. The maximum Gasteiger partial charge on any atom is 0.265 e. The predicted octanol–water partition coefficient (Wildman–Crippen LogP) is 4.89. The van der Waals surface area contributed by atoms with Crippen LogP contribution in [-0.2, 0) is 16.6 Å². The van der Waals surface area contributed by atoms with Gasteiger partial charge in [0, 0.05) is 17.3 Å². The van der Waals surface area contributed by atoms with E-state index in [4.69, 9.17) is 21.1 Å². The highest BCUT2D eigenvalue weighted by molar-refractivity contribution is 9.10. The molecule has 0 aliphatic heterocycles. The lowest BCUT2D eigenvalue weighted by atomic mass is 10.3. The fourth-order valence-electron chi connectivity index (χ4n) is 2.43. The number of pyridine rings is 1. The molecule has 0 amide bonds. The first kappa shape index (κ1) is 20.4. The van der Waals surface area contributed by atoms with Crippen LogP contribution in [0.3, 0.4) is 0 Å². The van der Waals surface area contributed by atoms with Gasteiger partial charge in [-0.05, 0) is 52.3 Å². The molecule has 146 valence electrons. The van der Waals surface area contributed by atoms with Gasteiger partial charge in [-0.25, -0.2) is 8.42 Å². The van der Waals surface area contributed by atoms with Crippen LogP contribution in [0, 0.1) is 0 Å². The molecule has 1 heterocycles. The highest BCUT2D eigenvalue weighted by Gasteiger charge is 2.23. The topological polar surface area (TPSA) is 77.5 Å². The Morgan fingerprint density at radius 2 is 1.96 bits per heavy atom. The van der Waals surface area contributed by atoms with Crippen LogP contribution in [-0.4, -0.2) is 20.5 Å². The third-order valence-electron chi connectivity index (χ3n) is 3.67. The molecule has 3 aromatic rings. The Hall–Kier alpha value is -2.29. The number of rotatable bonds is 7. The Bertz CT molecular complexity index is 1080. The number of nitrogens with one attached hydrogen (secondary N) is 1. The third-order valence-corrected chi connectivity index (χ3v) is 5.86. The zero-order valence-electron chi connectivity index (χ0n) is 14.7. The summed E-state index contributed by atoms with van der Waals surface area (Å²) in [5, 5.41) is 0.264. The monoisotopic (exact) mass is 482 g/mol. The molecule has 1 aromatic heterocycles. The molecule has 6 nitrogen and oxygen atoms in total. The van der Waals surface area contributed by atoms with Crippen molar-refractivity contribution in [3.05, 3.63) is 76.0 Å². The van der Waals surface area contributed by atoms with Crippen molar-refractivity contribution >= 4 is 43.2 Å². The molecule has 0 bridgehead atoms. The van der Waals surface area contributed by atoms with E-state index >= 15 is 0 Å². The molecule has 0 unspecified atom stereocenters. The van der Waals surface area contributed by atoms with Crippen molar-refractivity contribution in [2.24, 2.45) is 0 Å². The molecule has 0 saturated heterocycles. The molecule has 0 spiro atoms. The summed E-state index contributed by atoms with van der Waals surface area (Å²) in [4.78, 5) is 4.11. The Morgan fingerprint density at radius 3 is 2.68 bits per heavy atom. The highest BCUT2D eigenvalue weighted by Crippen LogP contribution is 2.36. The molecular weight excluding hydrogens is 468 g/mol. The molecule has 0 fully saturated rings. The summed E-state index contributed by atoms with van der Waals surface area (Å²) < 4.78 is 39.6. The summed E-state index contributed by atoms with van der Waals surface area (Å²) in [6, 6.07) is 15.1. The van der Waals surface area contributed by atoms with Gasteiger partial charge in [0.15, 0.2) is 5.75 Å². The summed E-state index contributed by atoms with van der Waals surface area (Å²) in [6.45, 7) is 0.270. The normalized spacial score (nSPS) is 11.1. The second-order valence-corrected chi connectivity index (χ2v) is 8.60. The fraction of sp³-hybridized carbons (Fsp3) is 0.105. The van der Waals surface area contributed by atoms with Gasteiger partial charge in [0.1, 0.15) is 17.3 Å². The molecule has 2 aromatic carbocycles. The maximum absolute atomic E-state index is 12.9. The molecule has 1 N–H and O–H groups in total. The minimum absolute atomic E-state index is 0.0748. The molecular formula is C19H16BrClN2O4S. The maximum atomic E-state index is 12.9. The van der Waals surface area contributed by atoms with Crippen LogP contribution in [0.25, 0.3) is 0 Å². The molecule has 0 aliphatic carbocycles. The van der Waals surface area contributed by atoms with E-state index in [-0.39, 0.29) is 22.3 Å². The van der Waals surface area contributed by atoms with Crippen molar-refractivity contribution in [3.8, 4) is 11.5 Å². The lowest BCUT2D eigenvalue weighted by Gasteiger charge is -2.14. The van der Waals surface area contributed by atoms with Crippen molar-refractivity contribution in [1.82, 2.24) is 4.98 Å². The standard InChI is InChI=1S/C19H16BrClN2O4S/c1-26-19-17(20)9-13(21)10-18(19)28(24,25)23-14-6-4-7-16(11-14)27-12-15-5-2-3-8-22-15/h2-11,23H,12H2,1H3. The largest absolute Gasteiger partial charge is 0.494 e. The number of nitrogens with zero attached hydrogens (tertiary/aromatic N) is 1. The third kappa shape index (κ3) is 4.95. The minimum atomic E-state index is -3.94. The number of anilines is 1. The quantitative estimate of drug-likeness (QED) is 0.518. The molecule has 28 heavy (non-hydrogen) atoms. The number of hydrogen-bond acceptors (Lipinski definition) is 5. The first-order valence-electron chi connectivity index (χ1n) is 8.07. The second kappa shape index (κ2) is 8.81. The molecule has 0 saturated carbocycles. The van der Waals surface area contributed by atoms with Gasteiger partial charge >= 0.3 is 0 Å². The van der Waals surface area contributed by atoms with Crippen molar-refractivity contribution in [3.63, 3.8) is 0 Å². The zero-order valence-corrected chi connectivity index (χ0v) is 17.9. The van der Waals surface area contributed by atoms with E-state index in [0.29, 0.717) is 15.9 Å². The Labute approximate surface area is 176 Å². The number of benzene rings is 2. The first-order chi connectivity index (χ1) is 13.4. The van der Waals surface area contributed by atoms with Crippen LogP contribution in [0.15, 0.2) is 70.2 Å². The van der Waals surface area contributed by atoms with Crippen LogP contribution in [0.1, 0.15) is 5.69 Å². The highest BCUT2D eigenvalue weighted by atomic mass is 79.9. The lowest BCUT2D eigenvalue weighted by molar-refractivity contribution is 0.301. The van der Waals surface area contributed by atoms with Crippen LogP contribution < -0.4 is 14.2 Å². The number of aromatic nitrogens is 1. The van der Waals surface area contributed by atoms with E-state index in [1.54, 1.807) is 36.5 Å². The Kier molecular flexibility index (Phi) is 6.43. The second-order valence-electron chi connectivity index (χ2n) is 5.66. The lowest BCUT2D eigenvalue weighted by Crippen LogP contribution is -2.14. The zero-order chi connectivity index (χ0) is 20.1. The number of halogens is 2. The number of sulfonamides is 1.